The molecule has 0 bridgehead atoms. The zero-order valence-corrected chi connectivity index (χ0v) is 14.2. The summed E-state index contributed by atoms with van der Waals surface area (Å²) < 4.78 is 21.0. The highest BCUT2D eigenvalue weighted by Gasteiger charge is 2.24. The summed E-state index contributed by atoms with van der Waals surface area (Å²) in [5.41, 5.74) is -0.201. The van der Waals surface area contributed by atoms with Crippen LogP contribution in [-0.2, 0) is 0 Å². The van der Waals surface area contributed by atoms with Crippen LogP contribution in [0, 0.1) is 0 Å². The second-order valence-corrected chi connectivity index (χ2v) is 5.34. The van der Waals surface area contributed by atoms with E-state index < -0.39 is 11.2 Å². The number of benzene rings is 2. The quantitative estimate of drug-likeness (QED) is 0.608. The lowest BCUT2D eigenvalue weighted by molar-refractivity contribution is 0.302. The first kappa shape index (κ1) is 17.3. The maximum absolute atomic E-state index is 13.1. The number of methoxy groups -OCH3 is 3. The third kappa shape index (κ3) is 2.52. The average molecular weight is 360 g/mol. The van der Waals surface area contributed by atoms with E-state index in [0.29, 0.717) is 0 Å². The number of fused-ring (bicyclic) bond motifs is 1. The molecule has 0 unspecified atom stereocenters. The fraction of sp³-hybridized carbons (Fsp3) is 0.167. The minimum Gasteiger partial charge on any atom is -0.504 e. The molecule has 136 valence electrons. The molecule has 0 fully saturated rings. The molecular weight excluding hydrogens is 344 g/mol. The van der Waals surface area contributed by atoms with E-state index in [4.69, 9.17) is 18.6 Å². The number of ether oxygens (including phenoxy) is 3. The van der Waals surface area contributed by atoms with E-state index in [1.807, 2.05) is 0 Å². The lowest BCUT2D eigenvalue weighted by Gasteiger charge is -2.14. The number of phenolic OH excluding ortho intramolecular Hbond substituents is 3. The van der Waals surface area contributed by atoms with E-state index in [1.165, 1.54) is 45.6 Å². The van der Waals surface area contributed by atoms with Crippen molar-refractivity contribution in [2.24, 2.45) is 0 Å². The van der Waals surface area contributed by atoms with E-state index in [9.17, 15) is 20.1 Å². The fourth-order valence-electron chi connectivity index (χ4n) is 2.66. The van der Waals surface area contributed by atoms with Crippen LogP contribution in [0.15, 0.2) is 33.5 Å². The van der Waals surface area contributed by atoms with Crippen molar-refractivity contribution in [3.63, 3.8) is 0 Å². The molecule has 0 atom stereocenters. The highest BCUT2D eigenvalue weighted by molar-refractivity contribution is 5.91. The second kappa shape index (κ2) is 6.40. The van der Waals surface area contributed by atoms with Crippen molar-refractivity contribution in [1.82, 2.24) is 0 Å². The van der Waals surface area contributed by atoms with Crippen LogP contribution >= 0.6 is 0 Å². The van der Waals surface area contributed by atoms with Crippen molar-refractivity contribution in [2.75, 3.05) is 21.3 Å². The Labute approximate surface area is 147 Å². The van der Waals surface area contributed by atoms with Crippen LogP contribution in [0.25, 0.3) is 22.1 Å². The molecule has 8 heteroatoms. The van der Waals surface area contributed by atoms with Crippen molar-refractivity contribution < 1.29 is 33.9 Å². The van der Waals surface area contributed by atoms with Crippen LogP contribution in [0.1, 0.15) is 0 Å². The number of phenols is 3. The first-order chi connectivity index (χ1) is 12.4. The lowest BCUT2D eigenvalue weighted by atomic mass is 10.0. The Morgan fingerprint density at radius 1 is 0.923 bits per heavy atom. The van der Waals surface area contributed by atoms with E-state index >= 15 is 0 Å². The molecule has 0 saturated heterocycles. The van der Waals surface area contributed by atoms with Gasteiger partial charge in [0.15, 0.2) is 22.8 Å². The second-order valence-electron chi connectivity index (χ2n) is 5.34. The lowest BCUT2D eigenvalue weighted by Crippen LogP contribution is -2.08. The van der Waals surface area contributed by atoms with Gasteiger partial charge in [-0.05, 0) is 23.8 Å². The van der Waals surface area contributed by atoms with Crippen molar-refractivity contribution >= 4 is 11.0 Å². The number of hydrogen-bond acceptors (Lipinski definition) is 8. The van der Waals surface area contributed by atoms with Gasteiger partial charge < -0.3 is 33.9 Å². The highest BCUT2D eigenvalue weighted by atomic mass is 16.6. The first-order valence-corrected chi connectivity index (χ1v) is 7.44. The molecule has 0 spiro atoms. The van der Waals surface area contributed by atoms with E-state index in [2.05, 4.69) is 0 Å². The molecule has 0 saturated carbocycles. The number of rotatable bonds is 4. The summed E-state index contributed by atoms with van der Waals surface area (Å²) in [6, 6.07) is 5.21. The maximum Gasteiger partial charge on any atom is 0.296 e. The van der Waals surface area contributed by atoms with Gasteiger partial charge in [-0.1, -0.05) is 6.07 Å². The third-order valence-electron chi connectivity index (χ3n) is 3.92. The predicted octanol–water partition coefficient (Wildman–Crippen LogP) is 2.60. The topological polar surface area (TPSA) is 119 Å². The van der Waals surface area contributed by atoms with Gasteiger partial charge in [-0.25, -0.2) is 0 Å². The molecule has 0 aliphatic heterocycles. The molecule has 3 rings (SSSR count). The van der Waals surface area contributed by atoms with Gasteiger partial charge in [0.2, 0.25) is 16.9 Å². The first-order valence-electron chi connectivity index (χ1n) is 7.44. The summed E-state index contributed by atoms with van der Waals surface area (Å²) in [5.74, 6) is -1.23. The molecular formula is C18H16O8. The summed E-state index contributed by atoms with van der Waals surface area (Å²) in [7, 11) is 3.96. The van der Waals surface area contributed by atoms with Gasteiger partial charge in [0.05, 0.1) is 26.7 Å². The normalized spacial score (nSPS) is 10.7. The summed E-state index contributed by atoms with van der Waals surface area (Å²) >= 11 is 0. The molecule has 8 nitrogen and oxygen atoms in total. The van der Waals surface area contributed by atoms with E-state index in [0.717, 1.165) is 0 Å². The Bertz CT molecular complexity index is 1050. The van der Waals surface area contributed by atoms with E-state index in [1.54, 1.807) is 0 Å². The predicted molar refractivity (Wildman–Crippen MR) is 92.6 cm³/mol. The Hall–Kier alpha value is -3.55. The molecule has 0 radical (unpaired) electrons. The monoisotopic (exact) mass is 360 g/mol. The molecule has 3 N–H and O–H groups in total. The zero-order valence-electron chi connectivity index (χ0n) is 14.2. The summed E-state index contributed by atoms with van der Waals surface area (Å²) in [5, 5.41) is 29.5. The van der Waals surface area contributed by atoms with Crippen LogP contribution in [0.5, 0.6) is 34.7 Å². The molecule has 0 aliphatic rings. The standard InChI is InChI=1S/C18H16O8/c1-23-12-7-9-14(21)13(8-4-5-10(19)11(20)6-8)18(25-3)26-16(9)17(24-2)15(12)22/h4-7,19-20,22H,1-3H3. The van der Waals surface area contributed by atoms with Crippen molar-refractivity contribution in [1.29, 1.82) is 0 Å². The number of aromatic hydroxyl groups is 3. The molecule has 3 aromatic rings. The van der Waals surface area contributed by atoms with Crippen molar-refractivity contribution in [3.05, 3.63) is 34.5 Å². The van der Waals surface area contributed by atoms with Crippen LogP contribution in [0.3, 0.4) is 0 Å². The van der Waals surface area contributed by atoms with Gasteiger partial charge in [0, 0.05) is 0 Å². The van der Waals surface area contributed by atoms with Gasteiger partial charge in [-0.2, -0.15) is 0 Å². The van der Waals surface area contributed by atoms with Crippen LogP contribution < -0.4 is 19.6 Å². The smallest absolute Gasteiger partial charge is 0.296 e. The van der Waals surface area contributed by atoms with Crippen molar-refractivity contribution in [2.45, 2.75) is 0 Å². The van der Waals surface area contributed by atoms with Gasteiger partial charge >= 0.3 is 0 Å². The molecule has 2 aromatic carbocycles. The minimum absolute atomic E-state index is 0.0144. The highest BCUT2D eigenvalue weighted by Crippen LogP contribution is 2.44. The Morgan fingerprint density at radius 2 is 1.65 bits per heavy atom. The van der Waals surface area contributed by atoms with Gasteiger partial charge in [-0.3, -0.25) is 4.79 Å². The zero-order chi connectivity index (χ0) is 19.0. The minimum atomic E-state index is -0.496. The third-order valence-corrected chi connectivity index (χ3v) is 3.92. The van der Waals surface area contributed by atoms with Crippen molar-refractivity contribution in [3.8, 4) is 45.8 Å². The fourth-order valence-corrected chi connectivity index (χ4v) is 2.66. The molecule has 26 heavy (non-hydrogen) atoms. The Kier molecular flexibility index (Phi) is 4.25. The molecule has 0 amide bonds. The average Bonchev–Trinajstić information content (AvgIpc) is 2.63. The molecule has 1 heterocycles. The Balaban J connectivity index is 2.44. The largest absolute Gasteiger partial charge is 0.504 e. The van der Waals surface area contributed by atoms with Gasteiger partial charge in [0.25, 0.3) is 5.95 Å². The summed E-state index contributed by atoms with van der Waals surface area (Å²) in [6.07, 6.45) is 0. The van der Waals surface area contributed by atoms with Crippen LogP contribution in [0.2, 0.25) is 0 Å². The summed E-state index contributed by atoms with van der Waals surface area (Å²) in [6.45, 7) is 0. The summed E-state index contributed by atoms with van der Waals surface area (Å²) in [4.78, 5) is 13.1. The number of hydrogen-bond donors (Lipinski definition) is 3. The molecule has 1 aromatic heterocycles. The molecule has 0 aliphatic carbocycles. The van der Waals surface area contributed by atoms with Crippen LogP contribution in [0.4, 0.5) is 0 Å². The van der Waals surface area contributed by atoms with E-state index in [-0.39, 0.29) is 51.0 Å². The van der Waals surface area contributed by atoms with Gasteiger partial charge in [0.1, 0.15) is 5.56 Å². The van der Waals surface area contributed by atoms with Gasteiger partial charge in [-0.15, -0.1) is 0 Å². The SMILES string of the molecule is COc1cc2c(=O)c(-c3ccc(O)c(O)c3)c(OC)oc2c(OC)c1O. The maximum atomic E-state index is 13.1. The Morgan fingerprint density at radius 3 is 2.23 bits per heavy atom. The van der Waals surface area contributed by atoms with Crippen LogP contribution in [-0.4, -0.2) is 36.6 Å².